The van der Waals surface area contributed by atoms with Crippen molar-refractivity contribution in [2.45, 2.75) is 6.42 Å². The zero-order chi connectivity index (χ0) is 10.0. The predicted octanol–water partition coefficient (Wildman–Crippen LogP) is -0.0785. The lowest BCUT2D eigenvalue weighted by Crippen LogP contribution is -2.08. The number of nitrogens with two attached hydrogens (primary N) is 2. The van der Waals surface area contributed by atoms with Crippen molar-refractivity contribution in [3.05, 3.63) is 10.7 Å². The minimum Gasteiger partial charge on any atom is -0.481 e. The Hall–Kier alpha value is -1.56. The zero-order valence-electron chi connectivity index (χ0n) is 6.49. The van der Waals surface area contributed by atoms with Crippen LogP contribution >= 0.6 is 11.6 Å². The van der Waals surface area contributed by atoms with Crippen molar-refractivity contribution >= 4 is 29.3 Å². The van der Waals surface area contributed by atoms with Crippen LogP contribution in [-0.4, -0.2) is 21.0 Å². The van der Waals surface area contributed by atoms with Crippen molar-refractivity contribution < 1.29 is 9.90 Å². The first-order valence-corrected chi connectivity index (χ1v) is 3.67. The van der Waals surface area contributed by atoms with Gasteiger partial charge in [-0.1, -0.05) is 11.6 Å². The molecule has 13 heavy (non-hydrogen) atoms. The van der Waals surface area contributed by atoms with E-state index in [1.807, 2.05) is 0 Å². The molecule has 0 saturated heterocycles. The van der Waals surface area contributed by atoms with E-state index in [4.69, 9.17) is 28.2 Å². The highest BCUT2D eigenvalue weighted by atomic mass is 35.5. The maximum absolute atomic E-state index is 10.3. The van der Waals surface area contributed by atoms with Gasteiger partial charge in [0.1, 0.15) is 10.8 Å². The summed E-state index contributed by atoms with van der Waals surface area (Å²) in [7, 11) is 0. The Bertz CT molecular complexity index is 355. The van der Waals surface area contributed by atoms with Gasteiger partial charge in [0.15, 0.2) is 0 Å². The number of hydrogen-bond donors (Lipinski definition) is 3. The molecule has 0 atom stereocenters. The molecule has 0 aliphatic heterocycles. The molecular weight excluding hydrogens is 196 g/mol. The van der Waals surface area contributed by atoms with Gasteiger partial charge in [-0.15, -0.1) is 0 Å². The smallest absolute Gasteiger partial charge is 0.309 e. The summed E-state index contributed by atoms with van der Waals surface area (Å²) in [5.74, 6) is -1.15. The third-order valence-corrected chi connectivity index (χ3v) is 1.69. The highest BCUT2D eigenvalue weighted by Crippen LogP contribution is 2.20. The molecule has 1 rings (SSSR count). The Kier molecular flexibility index (Phi) is 2.52. The summed E-state index contributed by atoms with van der Waals surface area (Å²) in [6, 6.07) is 0. The highest BCUT2D eigenvalue weighted by molar-refractivity contribution is 6.33. The molecule has 0 radical (unpaired) electrons. The molecule has 0 bridgehead atoms. The second kappa shape index (κ2) is 3.44. The van der Waals surface area contributed by atoms with Gasteiger partial charge < -0.3 is 16.6 Å². The lowest BCUT2D eigenvalue weighted by atomic mass is 10.3. The standard InChI is InChI=1S/C6H7ClN4O2/c7-4-2(1-3(12)13)10-6(9)11-5(4)8/h1H2,(H,12,13)(H4,8,9,10,11). The lowest BCUT2D eigenvalue weighted by molar-refractivity contribution is -0.136. The average Bonchev–Trinajstić information content (AvgIpc) is 1.98. The van der Waals surface area contributed by atoms with E-state index in [9.17, 15) is 4.79 Å². The number of nitrogens with zero attached hydrogens (tertiary/aromatic N) is 2. The first kappa shape index (κ1) is 9.53. The van der Waals surface area contributed by atoms with E-state index in [1.54, 1.807) is 0 Å². The van der Waals surface area contributed by atoms with Crippen molar-refractivity contribution in [3.8, 4) is 0 Å². The van der Waals surface area contributed by atoms with Crippen LogP contribution < -0.4 is 11.5 Å². The minimum absolute atomic E-state index is 0.00887. The third-order valence-electron chi connectivity index (χ3n) is 1.28. The number of rotatable bonds is 2. The number of hydrogen-bond acceptors (Lipinski definition) is 5. The fourth-order valence-corrected chi connectivity index (χ4v) is 0.944. The van der Waals surface area contributed by atoms with Crippen LogP contribution in [-0.2, 0) is 11.2 Å². The number of carboxylic acid groups (broad SMARTS) is 1. The van der Waals surface area contributed by atoms with Gasteiger partial charge in [-0.25, -0.2) is 4.98 Å². The molecule has 0 amide bonds. The molecule has 1 aromatic heterocycles. The summed E-state index contributed by atoms with van der Waals surface area (Å²) in [4.78, 5) is 17.6. The fraction of sp³-hybridized carbons (Fsp3) is 0.167. The third kappa shape index (κ3) is 2.19. The van der Waals surface area contributed by atoms with Crippen LogP contribution in [0.15, 0.2) is 0 Å². The molecule has 5 N–H and O–H groups in total. The Morgan fingerprint density at radius 2 is 2.08 bits per heavy atom. The first-order valence-electron chi connectivity index (χ1n) is 3.30. The molecular formula is C6H7ClN4O2. The second-order valence-electron chi connectivity index (χ2n) is 2.30. The number of aromatic nitrogens is 2. The zero-order valence-corrected chi connectivity index (χ0v) is 7.25. The summed E-state index contributed by atoms with van der Waals surface area (Å²) in [6.07, 6.45) is -0.324. The summed E-state index contributed by atoms with van der Waals surface area (Å²) in [5.41, 5.74) is 10.7. The molecule has 0 spiro atoms. The largest absolute Gasteiger partial charge is 0.481 e. The number of nitrogen functional groups attached to an aromatic ring is 2. The van der Waals surface area contributed by atoms with Crippen LogP contribution in [0.3, 0.4) is 0 Å². The molecule has 0 aliphatic carbocycles. The maximum atomic E-state index is 10.3. The number of halogens is 1. The Balaban J connectivity index is 3.12. The number of anilines is 2. The fourth-order valence-electron chi connectivity index (χ4n) is 0.793. The normalized spacial score (nSPS) is 9.92. The second-order valence-corrected chi connectivity index (χ2v) is 2.68. The Morgan fingerprint density at radius 3 is 2.62 bits per heavy atom. The number of carbonyl (C=O) groups is 1. The molecule has 0 unspecified atom stereocenters. The van der Waals surface area contributed by atoms with Gasteiger partial charge in [-0.3, -0.25) is 4.79 Å². The van der Waals surface area contributed by atoms with E-state index < -0.39 is 5.97 Å². The quantitative estimate of drug-likeness (QED) is 0.618. The minimum atomic E-state index is -1.06. The summed E-state index contributed by atoms with van der Waals surface area (Å²) in [5, 5.41) is 8.51. The summed E-state index contributed by atoms with van der Waals surface area (Å²) >= 11 is 5.64. The summed E-state index contributed by atoms with van der Waals surface area (Å²) < 4.78 is 0. The van der Waals surface area contributed by atoms with Gasteiger partial charge in [-0.05, 0) is 0 Å². The molecule has 1 aromatic rings. The van der Waals surface area contributed by atoms with Crippen molar-refractivity contribution in [2.24, 2.45) is 0 Å². The van der Waals surface area contributed by atoms with E-state index in [0.717, 1.165) is 0 Å². The van der Waals surface area contributed by atoms with Crippen LogP contribution in [0.25, 0.3) is 0 Å². The SMILES string of the molecule is Nc1nc(N)c(Cl)c(CC(=O)O)n1. The van der Waals surface area contributed by atoms with Crippen molar-refractivity contribution in [3.63, 3.8) is 0 Å². The van der Waals surface area contributed by atoms with Gasteiger partial charge in [0, 0.05) is 0 Å². The van der Waals surface area contributed by atoms with E-state index in [2.05, 4.69) is 9.97 Å². The molecule has 7 heteroatoms. The van der Waals surface area contributed by atoms with Crippen molar-refractivity contribution in [2.75, 3.05) is 11.5 Å². The van der Waals surface area contributed by atoms with Crippen LogP contribution in [0.1, 0.15) is 5.69 Å². The molecule has 0 aliphatic rings. The summed E-state index contributed by atoms with van der Waals surface area (Å²) in [6.45, 7) is 0. The average molecular weight is 203 g/mol. The molecule has 0 fully saturated rings. The van der Waals surface area contributed by atoms with Gasteiger partial charge in [-0.2, -0.15) is 4.98 Å². The van der Waals surface area contributed by atoms with Crippen LogP contribution in [0.2, 0.25) is 5.02 Å². The van der Waals surface area contributed by atoms with Crippen LogP contribution in [0, 0.1) is 0 Å². The number of carboxylic acids is 1. The number of aliphatic carboxylic acids is 1. The highest BCUT2D eigenvalue weighted by Gasteiger charge is 2.11. The van der Waals surface area contributed by atoms with E-state index >= 15 is 0 Å². The molecule has 1 heterocycles. The van der Waals surface area contributed by atoms with Gasteiger partial charge in [0.25, 0.3) is 0 Å². The Labute approximate surface area is 78.5 Å². The van der Waals surface area contributed by atoms with E-state index in [1.165, 1.54) is 0 Å². The predicted molar refractivity (Wildman–Crippen MR) is 47.2 cm³/mol. The Morgan fingerprint density at radius 1 is 1.46 bits per heavy atom. The van der Waals surface area contributed by atoms with Crippen LogP contribution in [0.4, 0.5) is 11.8 Å². The molecule has 0 aromatic carbocycles. The topological polar surface area (TPSA) is 115 Å². The van der Waals surface area contributed by atoms with E-state index in [-0.39, 0.29) is 28.9 Å². The monoisotopic (exact) mass is 202 g/mol. The van der Waals surface area contributed by atoms with Gasteiger partial charge >= 0.3 is 5.97 Å². The van der Waals surface area contributed by atoms with Crippen molar-refractivity contribution in [1.29, 1.82) is 0 Å². The molecule has 70 valence electrons. The lowest BCUT2D eigenvalue weighted by Gasteiger charge is -2.03. The molecule has 0 saturated carbocycles. The van der Waals surface area contributed by atoms with Gasteiger partial charge in [0.2, 0.25) is 5.95 Å². The van der Waals surface area contributed by atoms with Crippen molar-refractivity contribution in [1.82, 2.24) is 9.97 Å². The van der Waals surface area contributed by atoms with Gasteiger partial charge in [0.05, 0.1) is 12.1 Å². The van der Waals surface area contributed by atoms with Crippen LogP contribution in [0.5, 0.6) is 0 Å². The molecule has 6 nitrogen and oxygen atoms in total. The first-order chi connectivity index (χ1) is 6.00. The maximum Gasteiger partial charge on any atom is 0.309 e. The van der Waals surface area contributed by atoms with E-state index in [0.29, 0.717) is 0 Å².